The summed E-state index contributed by atoms with van der Waals surface area (Å²) in [6.07, 6.45) is 0.331. The van der Waals surface area contributed by atoms with Crippen molar-refractivity contribution in [2.45, 2.75) is 25.4 Å². The van der Waals surface area contributed by atoms with E-state index in [1.165, 1.54) is 24.1 Å². The summed E-state index contributed by atoms with van der Waals surface area (Å²) in [5.41, 5.74) is 0.815. The van der Waals surface area contributed by atoms with E-state index in [1.54, 1.807) is 17.0 Å². The third kappa shape index (κ3) is 4.68. The number of hydrogen-bond donors (Lipinski definition) is 2. The molecule has 0 saturated carbocycles. The first-order valence-electron chi connectivity index (χ1n) is 7.63. The maximum Gasteiger partial charge on any atom is 0.317 e. The number of benzene rings is 1. The number of amides is 3. The summed E-state index contributed by atoms with van der Waals surface area (Å²) < 4.78 is 12.9. The fourth-order valence-corrected chi connectivity index (χ4v) is 2.46. The van der Waals surface area contributed by atoms with Crippen molar-refractivity contribution in [1.29, 1.82) is 0 Å². The van der Waals surface area contributed by atoms with Crippen molar-refractivity contribution in [3.05, 3.63) is 35.6 Å². The van der Waals surface area contributed by atoms with Crippen LogP contribution in [-0.2, 0) is 16.1 Å². The van der Waals surface area contributed by atoms with Gasteiger partial charge in [-0.3, -0.25) is 9.59 Å². The molecule has 1 fully saturated rings. The van der Waals surface area contributed by atoms with Gasteiger partial charge in [0, 0.05) is 26.7 Å². The van der Waals surface area contributed by atoms with Gasteiger partial charge < -0.3 is 20.2 Å². The molecule has 7 nitrogen and oxygen atoms in total. The van der Waals surface area contributed by atoms with E-state index in [4.69, 9.17) is 5.11 Å². The second-order valence-electron chi connectivity index (χ2n) is 5.74. The van der Waals surface area contributed by atoms with Crippen molar-refractivity contribution in [2.24, 2.45) is 0 Å². The molecule has 1 aromatic rings. The molecule has 0 spiro atoms. The number of carboxylic acids is 1. The standard InChI is InChI=1S/C16H20FN3O4/c1-19(8-7-14(21)22)16(24)18-13-6-9-20(15(13)23)10-11-2-4-12(17)5-3-11/h2-5,13H,6-10H2,1H3,(H,18,24)(H,21,22). The van der Waals surface area contributed by atoms with E-state index in [1.807, 2.05) is 0 Å². The summed E-state index contributed by atoms with van der Waals surface area (Å²) in [6.45, 7) is 0.932. The molecular formula is C16H20FN3O4. The number of nitrogens with zero attached hydrogens (tertiary/aromatic N) is 2. The summed E-state index contributed by atoms with van der Waals surface area (Å²) in [6, 6.07) is 4.82. The number of aliphatic carboxylic acids is 1. The molecule has 1 heterocycles. The molecule has 1 aromatic carbocycles. The number of carbonyl (C=O) groups excluding carboxylic acids is 2. The first-order valence-corrected chi connectivity index (χ1v) is 7.63. The molecule has 2 rings (SSSR count). The van der Waals surface area contributed by atoms with Crippen LogP contribution in [0.3, 0.4) is 0 Å². The third-order valence-corrected chi connectivity index (χ3v) is 3.89. The number of nitrogens with one attached hydrogen (secondary N) is 1. The molecule has 1 saturated heterocycles. The minimum Gasteiger partial charge on any atom is -0.481 e. The van der Waals surface area contributed by atoms with Crippen molar-refractivity contribution in [1.82, 2.24) is 15.1 Å². The highest BCUT2D eigenvalue weighted by molar-refractivity contribution is 5.88. The minimum absolute atomic E-state index is 0.0708. The highest BCUT2D eigenvalue weighted by Gasteiger charge is 2.33. The van der Waals surface area contributed by atoms with Gasteiger partial charge in [-0.2, -0.15) is 0 Å². The lowest BCUT2D eigenvalue weighted by atomic mass is 10.2. The zero-order valence-electron chi connectivity index (χ0n) is 13.4. The number of urea groups is 1. The Kier molecular flexibility index (Phi) is 5.73. The maximum atomic E-state index is 12.9. The Morgan fingerprint density at radius 2 is 2.04 bits per heavy atom. The molecule has 3 amide bonds. The zero-order valence-corrected chi connectivity index (χ0v) is 13.4. The predicted octanol–water partition coefficient (Wildman–Crippen LogP) is 1.04. The quantitative estimate of drug-likeness (QED) is 0.812. The molecule has 0 aliphatic carbocycles. The van der Waals surface area contributed by atoms with Gasteiger partial charge in [0.2, 0.25) is 5.91 Å². The average molecular weight is 337 g/mol. The molecule has 0 bridgehead atoms. The van der Waals surface area contributed by atoms with Gasteiger partial charge >= 0.3 is 12.0 Å². The van der Waals surface area contributed by atoms with Crippen LogP contribution in [0.2, 0.25) is 0 Å². The number of halogens is 1. The second kappa shape index (κ2) is 7.76. The molecule has 0 aromatic heterocycles. The average Bonchev–Trinajstić information content (AvgIpc) is 2.87. The zero-order chi connectivity index (χ0) is 17.7. The van der Waals surface area contributed by atoms with Gasteiger partial charge in [0.15, 0.2) is 0 Å². The molecule has 1 aliphatic rings. The van der Waals surface area contributed by atoms with E-state index in [2.05, 4.69) is 5.32 Å². The van der Waals surface area contributed by atoms with Crippen LogP contribution in [0.5, 0.6) is 0 Å². The van der Waals surface area contributed by atoms with E-state index in [0.717, 1.165) is 5.56 Å². The third-order valence-electron chi connectivity index (χ3n) is 3.89. The molecule has 1 unspecified atom stereocenters. The van der Waals surface area contributed by atoms with E-state index in [-0.39, 0.29) is 24.7 Å². The fourth-order valence-electron chi connectivity index (χ4n) is 2.46. The van der Waals surface area contributed by atoms with Crippen LogP contribution in [-0.4, -0.2) is 59.0 Å². The van der Waals surface area contributed by atoms with Gasteiger partial charge in [0.1, 0.15) is 11.9 Å². The Hall–Kier alpha value is -2.64. The monoisotopic (exact) mass is 337 g/mol. The van der Waals surface area contributed by atoms with Crippen LogP contribution in [0.1, 0.15) is 18.4 Å². The lowest BCUT2D eigenvalue weighted by Crippen LogP contribution is -2.47. The van der Waals surface area contributed by atoms with E-state index < -0.39 is 18.0 Å². The van der Waals surface area contributed by atoms with Crippen LogP contribution < -0.4 is 5.32 Å². The Balaban J connectivity index is 1.85. The number of likely N-dealkylation sites (tertiary alicyclic amines) is 1. The van der Waals surface area contributed by atoms with Crippen LogP contribution >= 0.6 is 0 Å². The first-order chi connectivity index (χ1) is 11.4. The number of carbonyl (C=O) groups is 3. The Bertz CT molecular complexity index is 620. The molecule has 24 heavy (non-hydrogen) atoms. The van der Waals surface area contributed by atoms with Crippen molar-refractivity contribution in [3.8, 4) is 0 Å². The minimum atomic E-state index is -0.989. The Labute approximate surface area is 139 Å². The number of carboxylic acid groups (broad SMARTS) is 1. The van der Waals surface area contributed by atoms with E-state index in [0.29, 0.717) is 19.5 Å². The first kappa shape index (κ1) is 17.7. The van der Waals surface area contributed by atoms with E-state index >= 15 is 0 Å². The Morgan fingerprint density at radius 3 is 2.67 bits per heavy atom. The highest BCUT2D eigenvalue weighted by Crippen LogP contribution is 2.16. The fraction of sp³-hybridized carbons (Fsp3) is 0.438. The van der Waals surface area contributed by atoms with Crippen molar-refractivity contribution >= 4 is 17.9 Å². The largest absolute Gasteiger partial charge is 0.481 e. The molecular weight excluding hydrogens is 317 g/mol. The van der Waals surface area contributed by atoms with Gasteiger partial charge in [-0.15, -0.1) is 0 Å². The lowest BCUT2D eigenvalue weighted by molar-refractivity contribution is -0.137. The highest BCUT2D eigenvalue weighted by atomic mass is 19.1. The van der Waals surface area contributed by atoms with Crippen molar-refractivity contribution in [2.75, 3.05) is 20.1 Å². The van der Waals surface area contributed by atoms with Crippen LogP contribution in [0.4, 0.5) is 9.18 Å². The lowest BCUT2D eigenvalue weighted by Gasteiger charge is -2.20. The van der Waals surface area contributed by atoms with Gasteiger partial charge in [0.25, 0.3) is 0 Å². The summed E-state index contributed by atoms with van der Waals surface area (Å²) in [5, 5.41) is 11.2. The molecule has 2 N–H and O–H groups in total. The SMILES string of the molecule is CN(CCC(=O)O)C(=O)NC1CCN(Cc2ccc(F)cc2)C1=O. The van der Waals surface area contributed by atoms with Gasteiger partial charge in [0.05, 0.1) is 6.42 Å². The topological polar surface area (TPSA) is 89.9 Å². The summed E-state index contributed by atoms with van der Waals surface area (Å²) in [7, 11) is 1.48. The number of rotatable bonds is 6. The summed E-state index contributed by atoms with van der Waals surface area (Å²) in [4.78, 5) is 37.7. The second-order valence-corrected chi connectivity index (χ2v) is 5.74. The molecule has 130 valence electrons. The normalized spacial score (nSPS) is 17.0. The van der Waals surface area contributed by atoms with Crippen molar-refractivity contribution < 1.29 is 23.9 Å². The maximum absolute atomic E-state index is 12.9. The van der Waals surface area contributed by atoms with Gasteiger partial charge in [-0.1, -0.05) is 12.1 Å². The van der Waals surface area contributed by atoms with Gasteiger partial charge in [-0.25, -0.2) is 9.18 Å². The smallest absolute Gasteiger partial charge is 0.317 e. The predicted molar refractivity (Wildman–Crippen MR) is 83.6 cm³/mol. The Morgan fingerprint density at radius 1 is 1.38 bits per heavy atom. The van der Waals surface area contributed by atoms with Crippen LogP contribution in [0.15, 0.2) is 24.3 Å². The van der Waals surface area contributed by atoms with Crippen molar-refractivity contribution in [3.63, 3.8) is 0 Å². The summed E-state index contributed by atoms with van der Waals surface area (Å²) >= 11 is 0. The molecule has 1 aliphatic heterocycles. The number of hydrogen-bond acceptors (Lipinski definition) is 3. The van der Waals surface area contributed by atoms with E-state index in [9.17, 15) is 18.8 Å². The van der Waals surface area contributed by atoms with Crippen LogP contribution in [0, 0.1) is 5.82 Å². The van der Waals surface area contributed by atoms with Crippen LogP contribution in [0.25, 0.3) is 0 Å². The molecule has 1 atom stereocenters. The van der Waals surface area contributed by atoms with Gasteiger partial charge in [-0.05, 0) is 24.1 Å². The molecule has 8 heteroatoms. The summed E-state index contributed by atoms with van der Waals surface area (Å²) in [5.74, 6) is -1.52. The molecule has 0 radical (unpaired) electrons.